The molecule has 0 saturated carbocycles. The van der Waals surface area contributed by atoms with Gasteiger partial charge in [-0.1, -0.05) is 19.9 Å². The summed E-state index contributed by atoms with van der Waals surface area (Å²) in [6, 6.07) is 0. The Balaban J connectivity index is 2.88. The molecule has 0 aromatic carbocycles. The molecule has 1 atom stereocenters. The molecule has 1 rings (SSSR count). The summed E-state index contributed by atoms with van der Waals surface area (Å²) in [5.74, 6) is -0.0177. The Morgan fingerprint density at radius 1 is 1.39 bits per heavy atom. The average molecular weight is 292 g/mol. The van der Waals surface area contributed by atoms with Gasteiger partial charge in [-0.05, 0) is 43.1 Å². The average Bonchev–Trinajstić information content (AvgIpc) is 2.24. The molecule has 0 heterocycles. The molecule has 0 aromatic rings. The molecule has 0 aromatic heterocycles. The van der Waals surface area contributed by atoms with Gasteiger partial charge in [-0.2, -0.15) is 0 Å². The summed E-state index contributed by atoms with van der Waals surface area (Å²) < 4.78 is 22.9. The first-order valence-electron chi connectivity index (χ1n) is 6.12. The lowest BCUT2D eigenvalue weighted by molar-refractivity contribution is -0.116. The fourth-order valence-corrected chi connectivity index (χ4v) is 6.39. The lowest BCUT2D eigenvalue weighted by atomic mass is 9.80. The van der Waals surface area contributed by atoms with E-state index >= 15 is 0 Å². The SMILES string of the molecule is CCOP(=O)(OCC)SC1C(=O)C=CCC1(C)C. The Hall–Kier alpha value is -0.0900. The summed E-state index contributed by atoms with van der Waals surface area (Å²) >= 11 is 1.04. The van der Waals surface area contributed by atoms with Crippen LogP contribution in [0.4, 0.5) is 0 Å². The number of carbonyl (C=O) groups excluding carboxylic acids is 1. The molecule has 0 spiro atoms. The van der Waals surface area contributed by atoms with Crippen molar-refractivity contribution in [1.82, 2.24) is 0 Å². The van der Waals surface area contributed by atoms with Gasteiger partial charge in [0.25, 0.3) is 0 Å². The van der Waals surface area contributed by atoms with Crippen LogP contribution in [0.15, 0.2) is 12.2 Å². The van der Waals surface area contributed by atoms with Gasteiger partial charge in [0, 0.05) is 0 Å². The van der Waals surface area contributed by atoms with Crippen molar-refractivity contribution in [3.63, 3.8) is 0 Å². The fraction of sp³-hybridized carbons (Fsp3) is 0.750. The Morgan fingerprint density at radius 3 is 2.39 bits per heavy atom. The lowest BCUT2D eigenvalue weighted by Gasteiger charge is -2.35. The van der Waals surface area contributed by atoms with Crippen LogP contribution in [0, 0.1) is 5.41 Å². The van der Waals surface area contributed by atoms with Crippen LogP contribution in [0.25, 0.3) is 0 Å². The van der Waals surface area contributed by atoms with Crippen LogP contribution >= 0.6 is 18.2 Å². The first-order valence-corrected chi connectivity index (χ1v) is 9.15. The van der Waals surface area contributed by atoms with Gasteiger partial charge in [-0.3, -0.25) is 4.79 Å². The molecule has 4 nitrogen and oxygen atoms in total. The molecule has 1 aliphatic carbocycles. The third kappa shape index (κ3) is 3.95. The molecule has 0 amide bonds. The van der Waals surface area contributed by atoms with Crippen molar-refractivity contribution >= 4 is 24.0 Å². The van der Waals surface area contributed by atoms with E-state index in [0.717, 1.165) is 17.8 Å². The minimum absolute atomic E-state index is 0.0177. The summed E-state index contributed by atoms with van der Waals surface area (Å²) in [5.41, 5.74) is -0.236. The van der Waals surface area contributed by atoms with Crippen LogP contribution in [0.2, 0.25) is 0 Å². The van der Waals surface area contributed by atoms with Crippen molar-refractivity contribution in [3.05, 3.63) is 12.2 Å². The zero-order valence-corrected chi connectivity index (χ0v) is 13.1. The van der Waals surface area contributed by atoms with Gasteiger partial charge < -0.3 is 9.05 Å². The first-order chi connectivity index (χ1) is 8.34. The summed E-state index contributed by atoms with van der Waals surface area (Å²) in [7, 11) is 0. The molecule has 0 radical (unpaired) electrons. The summed E-state index contributed by atoms with van der Waals surface area (Å²) in [4.78, 5) is 12.0. The zero-order valence-electron chi connectivity index (χ0n) is 11.3. The van der Waals surface area contributed by atoms with E-state index in [0.29, 0.717) is 13.2 Å². The lowest BCUT2D eigenvalue weighted by Crippen LogP contribution is -2.35. The molecule has 0 fully saturated rings. The van der Waals surface area contributed by atoms with E-state index in [1.165, 1.54) is 0 Å². The second-order valence-corrected chi connectivity index (χ2v) is 8.83. The maximum Gasteiger partial charge on any atom is 0.389 e. The van der Waals surface area contributed by atoms with Crippen LogP contribution in [-0.2, 0) is 18.4 Å². The van der Waals surface area contributed by atoms with E-state index in [-0.39, 0.29) is 16.4 Å². The van der Waals surface area contributed by atoms with Gasteiger partial charge in [0.15, 0.2) is 5.78 Å². The minimum Gasteiger partial charge on any atom is -0.301 e. The monoisotopic (exact) mass is 292 g/mol. The van der Waals surface area contributed by atoms with Gasteiger partial charge in [-0.15, -0.1) is 0 Å². The molecule has 1 aliphatic rings. The molecule has 104 valence electrons. The van der Waals surface area contributed by atoms with E-state index in [2.05, 4.69) is 0 Å². The predicted octanol–water partition coefficient (Wildman–Crippen LogP) is 3.82. The molecule has 0 saturated heterocycles. The Labute approximate surface area is 113 Å². The molecule has 0 N–H and O–H groups in total. The largest absolute Gasteiger partial charge is 0.389 e. The minimum atomic E-state index is -3.24. The zero-order chi connectivity index (χ0) is 13.8. The van der Waals surface area contributed by atoms with Crippen molar-refractivity contribution < 1.29 is 18.4 Å². The maximum absolute atomic E-state index is 12.5. The van der Waals surface area contributed by atoms with Gasteiger partial charge in [0.05, 0.1) is 18.5 Å². The van der Waals surface area contributed by atoms with Crippen molar-refractivity contribution in [2.75, 3.05) is 13.2 Å². The van der Waals surface area contributed by atoms with Crippen LogP contribution in [0.1, 0.15) is 34.1 Å². The molecule has 0 aliphatic heterocycles. The fourth-order valence-electron chi connectivity index (χ4n) is 1.80. The molecule has 18 heavy (non-hydrogen) atoms. The third-order valence-corrected chi connectivity index (χ3v) is 7.23. The number of hydrogen-bond donors (Lipinski definition) is 0. The van der Waals surface area contributed by atoms with Gasteiger partial charge in [0.2, 0.25) is 0 Å². The second kappa shape index (κ2) is 6.38. The second-order valence-electron chi connectivity index (χ2n) is 4.77. The highest BCUT2D eigenvalue weighted by atomic mass is 32.7. The van der Waals surface area contributed by atoms with E-state index in [1.54, 1.807) is 19.9 Å². The molecular weight excluding hydrogens is 271 g/mol. The van der Waals surface area contributed by atoms with Crippen LogP contribution in [0.3, 0.4) is 0 Å². The predicted molar refractivity (Wildman–Crippen MR) is 74.8 cm³/mol. The quantitative estimate of drug-likeness (QED) is 0.696. The number of ketones is 1. The van der Waals surface area contributed by atoms with E-state index in [9.17, 15) is 9.36 Å². The van der Waals surface area contributed by atoms with Gasteiger partial charge in [0.1, 0.15) is 0 Å². The highest BCUT2D eigenvalue weighted by Crippen LogP contribution is 2.65. The molecular formula is C12H21O4PS. The topological polar surface area (TPSA) is 52.6 Å². The maximum atomic E-state index is 12.5. The molecule has 6 heteroatoms. The Kier molecular flexibility index (Phi) is 5.66. The van der Waals surface area contributed by atoms with Crippen LogP contribution in [-0.4, -0.2) is 24.2 Å². The van der Waals surface area contributed by atoms with Crippen molar-refractivity contribution in [1.29, 1.82) is 0 Å². The molecule has 1 unspecified atom stereocenters. The van der Waals surface area contributed by atoms with Crippen LogP contribution < -0.4 is 0 Å². The van der Waals surface area contributed by atoms with Gasteiger partial charge in [-0.25, -0.2) is 4.57 Å². The van der Waals surface area contributed by atoms with Crippen molar-refractivity contribution in [2.45, 2.75) is 39.4 Å². The smallest absolute Gasteiger partial charge is 0.301 e. The van der Waals surface area contributed by atoms with E-state index in [1.807, 2.05) is 19.9 Å². The first kappa shape index (κ1) is 16.0. The standard InChI is InChI=1S/C12H21O4PS/c1-5-15-17(14,16-6-2)18-11-10(13)8-7-9-12(11,3)4/h7-8,11H,5-6,9H2,1-4H3. The number of allylic oxidation sites excluding steroid dienone is 2. The third-order valence-electron chi connectivity index (χ3n) is 2.70. The number of hydrogen-bond acceptors (Lipinski definition) is 5. The Bertz CT molecular complexity index is 368. The number of carbonyl (C=O) groups is 1. The van der Waals surface area contributed by atoms with Crippen molar-refractivity contribution in [3.8, 4) is 0 Å². The summed E-state index contributed by atoms with van der Waals surface area (Å²) in [5, 5.41) is -0.383. The Morgan fingerprint density at radius 2 is 1.94 bits per heavy atom. The molecule has 0 bridgehead atoms. The highest BCUT2D eigenvalue weighted by Gasteiger charge is 2.42. The van der Waals surface area contributed by atoms with Gasteiger partial charge >= 0.3 is 6.80 Å². The summed E-state index contributed by atoms with van der Waals surface area (Å²) in [6.07, 6.45) is 4.21. The van der Waals surface area contributed by atoms with Crippen LogP contribution in [0.5, 0.6) is 0 Å². The summed E-state index contributed by atoms with van der Waals surface area (Å²) in [6.45, 7) is 4.89. The normalized spacial score (nSPS) is 23.3. The number of rotatable bonds is 6. The highest BCUT2D eigenvalue weighted by molar-refractivity contribution is 8.55. The van der Waals surface area contributed by atoms with Crippen molar-refractivity contribution in [2.24, 2.45) is 5.41 Å². The van der Waals surface area contributed by atoms with E-state index in [4.69, 9.17) is 9.05 Å². The van der Waals surface area contributed by atoms with E-state index < -0.39 is 6.80 Å².